The third-order valence-corrected chi connectivity index (χ3v) is 4.50. The fourth-order valence-corrected chi connectivity index (χ4v) is 3.27. The zero-order valence-electron chi connectivity index (χ0n) is 12.6. The van der Waals surface area contributed by atoms with Gasteiger partial charge in [0.1, 0.15) is 5.75 Å². The highest BCUT2D eigenvalue weighted by molar-refractivity contribution is 7.15. The molecule has 1 fully saturated rings. The van der Waals surface area contributed by atoms with Gasteiger partial charge in [0.05, 0.1) is 5.69 Å². The molecule has 0 amide bonds. The molecule has 11 heteroatoms. The van der Waals surface area contributed by atoms with Gasteiger partial charge in [-0.1, -0.05) is 23.5 Å². The van der Waals surface area contributed by atoms with Crippen LogP contribution in [0.2, 0.25) is 0 Å². The first-order valence-corrected chi connectivity index (χ1v) is 8.10. The molecule has 136 valence electrons. The van der Waals surface area contributed by atoms with Gasteiger partial charge in [-0.2, -0.15) is 22.0 Å². The first-order valence-electron chi connectivity index (χ1n) is 7.29. The molecule has 5 nitrogen and oxygen atoms in total. The Balaban J connectivity index is 1.65. The van der Waals surface area contributed by atoms with Gasteiger partial charge in [-0.05, 0) is 18.6 Å². The normalized spacial score (nSPS) is 18.0. The number of rotatable bonds is 5. The first-order chi connectivity index (χ1) is 11.8. The maximum Gasteiger partial charge on any atom is 0.445 e. The maximum absolute atomic E-state index is 12.5. The lowest BCUT2D eigenvalue weighted by molar-refractivity contribution is -0.138. The van der Waals surface area contributed by atoms with Crippen molar-refractivity contribution >= 4 is 22.2 Å². The largest absolute Gasteiger partial charge is 0.445 e. The summed E-state index contributed by atoms with van der Waals surface area (Å²) in [6.45, 7) is -1.96. The van der Waals surface area contributed by atoms with E-state index in [9.17, 15) is 22.0 Å². The molecule has 2 heterocycles. The Kier molecular flexibility index (Phi) is 4.93. The van der Waals surface area contributed by atoms with Crippen LogP contribution in [0.15, 0.2) is 24.3 Å². The molecule has 1 aromatic carbocycles. The quantitative estimate of drug-likeness (QED) is 0.799. The molecule has 1 saturated heterocycles. The third kappa shape index (κ3) is 4.27. The number of nitrogens with zero attached hydrogens (tertiary/aromatic N) is 3. The molecule has 1 aliphatic rings. The highest BCUT2D eigenvalue weighted by atomic mass is 32.1. The number of halogens is 5. The molecule has 1 aliphatic heterocycles. The molecule has 1 atom stereocenters. The summed E-state index contributed by atoms with van der Waals surface area (Å²) in [7, 11) is 0. The number of aromatic nitrogens is 2. The second-order valence-corrected chi connectivity index (χ2v) is 6.31. The predicted molar refractivity (Wildman–Crippen MR) is 82.2 cm³/mol. The van der Waals surface area contributed by atoms with E-state index in [4.69, 9.17) is 0 Å². The Morgan fingerprint density at radius 2 is 2.00 bits per heavy atom. The van der Waals surface area contributed by atoms with Crippen molar-refractivity contribution in [2.24, 2.45) is 0 Å². The number of benzene rings is 1. The lowest BCUT2D eigenvalue weighted by Gasteiger charge is -2.21. The van der Waals surface area contributed by atoms with Crippen LogP contribution in [0.5, 0.6) is 5.75 Å². The highest BCUT2D eigenvalue weighted by Crippen LogP contribution is 2.35. The van der Waals surface area contributed by atoms with Gasteiger partial charge in [0.2, 0.25) is 10.1 Å². The minimum absolute atomic E-state index is 0.0634. The minimum atomic E-state index is -4.52. The van der Waals surface area contributed by atoms with Crippen molar-refractivity contribution in [2.45, 2.75) is 25.3 Å². The molecule has 1 N–H and O–H groups in total. The number of para-hydroxylation sites is 2. The average Bonchev–Trinajstić information content (AvgIpc) is 3.17. The van der Waals surface area contributed by atoms with Crippen molar-refractivity contribution < 1.29 is 26.7 Å². The van der Waals surface area contributed by atoms with E-state index < -0.39 is 17.8 Å². The van der Waals surface area contributed by atoms with E-state index in [0.717, 1.165) is 0 Å². The van der Waals surface area contributed by atoms with E-state index >= 15 is 0 Å². The van der Waals surface area contributed by atoms with Gasteiger partial charge in [0.15, 0.2) is 0 Å². The lowest BCUT2D eigenvalue weighted by atomic mass is 10.2. The van der Waals surface area contributed by atoms with Crippen molar-refractivity contribution in [3.63, 3.8) is 0 Å². The number of alkyl halides is 5. The summed E-state index contributed by atoms with van der Waals surface area (Å²) in [6, 6.07) is 6.23. The van der Waals surface area contributed by atoms with Gasteiger partial charge in [0, 0.05) is 19.1 Å². The Morgan fingerprint density at radius 3 is 2.68 bits per heavy atom. The van der Waals surface area contributed by atoms with Crippen molar-refractivity contribution in [3.8, 4) is 5.75 Å². The number of hydrogen-bond acceptors (Lipinski definition) is 6. The van der Waals surface area contributed by atoms with E-state index in [1.807, 2.05) is 4.90 Å². The van der Waals surface area contributed by atoms with E-state index in [1.165, 1.54) is 6.07 Å². The summed E-state index contributed by atoms with van der Waals surface area (Å²) < 4.78 is 67.1. The summed E-state index contributed by atoms with van der Waals surface area (Å²) in [5, 5.41) is 8.59. The summed E-state index contributed by atoms with van der Waals surface area (Å²) in [5.74, 6) is 0.0634. The molecule has 0 aliphatic carbocycles. The minimum Gasteiger partial charge on any atom is -0.433 e. The summed E-state index contributed by atoms with van der Waals surface area (Å²) in [6.07, 6.45) is -3.91. The van der Waals surface area contributed by atoms with Crippen molar-refractivity contribution in [2.75, 3.05) is 23.3 Å². The van der Waals surface area contributed by atoms with Gasteiger partial charge in [-0.25, -0.2) is 0 Å². The average molecular weight is 380 g/mol. The Morgan fingerprint density at radius 1 is 1.24 bits per heavy atom. The van der Waals surface area contributed by atoms with Crippen LogP contribution in [0.25, 0.3) is 0 Å². The SMILES string of the molecule is FC(F)Oc1ccccc1N1CC[C@@H](Nc2nnc(C(F)(F)F)s2)C1. The first kappa shape index (κ1) is 17.6. The monoisotopic (exact) mass is 380 g/mol. The van der Waals surface area contributed by atoms with Crippen LogP contribution in [0.4, 0.5) is 32.8 Å². The summed E-state index contributed by atoms with van der Waals surface area (Å²) >= 11 is 0.435. The molecule has 0 spiro atoms. The van der Waals surface area contributed by atoms with Crippen molar-refractivity contribution in [1.29, 1.82) is 0 Å². The van der Waals surface area contributed by atoms with Gasteiger partial charge in [0.25, 0.3) is 0 Å². The highest BCUT2D eigenvalue weighted by Gasteiger charge is 2.36. The topological polar surface area (TPSA) is 50.3 Å². The Labute approximate surface area is 143 Å². The second-order valence-electron chi connectivity index (χ2n) is 5.33. The van der Waals surface area contributed by atoms with E-state index in [2.05, 4.69) is 20.3 Å². The number of anilines is 2. The smallest absolute Gasteiger partial charge is 0.433 e. The standard InChI is InChI=1S/C14H13F5N4OS/c15-12(16)24-10-4-2-1-3-9(10)23-6-5-8(7-23)20-13-22-21-11(25-13)14(17,18)19/h1-4,8,12H,5-7H2,(H,20,22)/t8-/m1/s1. The van der Waals surface area contributed by atoms with Crippen molar-refractivity contribution in [3.05, 3.63) is 29.3 Å². The maximum atomic E-state index is 12.5. The summed E-state index contributed by atoms with van der Waals surface area (Å²) in [4.78, 5) is 1.83. The molecular formula is C14H13F5N4OS. The van der Waals surface area contributed by atoms with E-state index in [1.54, 1.807) is 18.2 Å². The molecule has 0 radical (unpaired) electrons. The number of hydrogen-bond donors (Lipinski definition) is 1. The molecule has 0 saturated carbocycles. The molecule has 0 bridgehead atoms. The molecular weight excluding hydrogens is 367 g/mol. The van der Waals surface area contributed by atoms with Crippen LogP contribution >= 0.6 is 11.3 Å². The van der Waals surface area contributed by atoms with Crippen LogP contribution < -0.4 is 15.0 Å². The third-order valence-electron chi connectivity index (χ3n) is 3.61. The van der Waals surface area contributed by atoms with Gasteiger partial charge >= 0.3 is 12.8 Å². The van der Waals surface area contributed by atoms with Gasteiger partial charge in [-0.3, -0.25) is 0 Å². The van der Waals surface area contributed by atoms with Crippen LogP contribution in [0.3, 0.4) is 0 Å². The van der Waals surface area contributed by atoms with E-state index in [0.29, 0.717) is 36.5 Å². The number of nitrogens with one attached hydrogen (secondary N) is 1. The van der Waals surface area contributed by atoms with Crippen LogP contribution in [0.1, 0.15) is 11.4 Å². The fourth-order valence-electron chi connectivity index (χ4n) is 2.58. The Hall–Kier alpha value is -2.17. The molecule has 1 aromatic heterocycles. The Bertz CT molecular complexity index is 723. The number of ether oxygens (including phenoxy) is 1. The second kappa shape index (κ2) is 6.98. The zero-order valence-corrected chi connectivity index (χ0v) is 13.4. The predicted octanol–water partition coefficient (Wildman–Crippen LogP) is 3.85. The molecule has 3 rings (SSSR count). The zero-order chi connectivity index (χ0) is 18.0. The molecule has 0 unspecified atom stereocenters. The van der Waals surface area contributed by atoms with Crippen LogP contribution in [-0.4, -0.2) is 35.9 Å². The van der Waals surface area contributed by atoms with Crippen LogP contribution in [0, 0.1) is 0 Å². The lowest BCUT2D eigenvalue weighted by Crippen LogP contribution is -2.26. The summed E-state index contributed by atoms with van der Waals surface area (Å²) in [5.41, 5.74) is 0.514. The fraction of sp³-hybridized carbons (Fsp3) is 0.429. The van der Waals surface area contributed by atoms with E-state index in [-0.39, 0.29) is 16.9 Å². The van der Waals surface area contributed by atoms with Gasteiger partial charge < -0.3 is 15.0 Å². The van der Waals surface area contributed by atoms with Crippen molar-refractivity contribution in [1.82, 2.24) is 10.2 Å². The van der Waals surface area contributed by atoms with Gasteiger partial charge in [-0.15, -0.1) is 10.2 Å². The molecule has 25 heavy (non-hydrogen) atoms. The van der Waals surface area contributed by atoms with Crippen LogP contribution in [-0.2, 0) is 6.18 Å². The molecule has 2 aromatic rings.